The van der Waals surface area contributed by atoms with Crippen LogP contribution in [-0.2, 0) is 16.1 Å². The molecule has 0 saturated carbocycles. The first-order chi connectivity index (χ1) is 9.23. The van der Waals surface area contributed by atoms with Gasteiger partial charge in [0.15, 0.2) is 0 Å². The molecule has 6 heteroatoms. The molecule has 4 nitrogen and oxygen atoms in total. The summed E-state index contributed by atoms with van der Waals surface area (Å²) in [5, 5.41) is 3.06. The first-order valence-electron chi connectivity index (χ1n) is 6.17. The Labute approximate surface area is 136 Å². The maximum atomic E-state index is 11.6. The van der Waals surface area contributed by atoms with Gasteiger partial charge < -0.3 is 14.8 Å². The topological polar surface area (TPSA) is 47.6 Å². The smallest absolute Gasteiger partial charge is 0.320 e. The summed E-state index contributed by atoms with van der Waals surface area (Å²) in [6, 6.07) is 3.86. The summed E-state index contributed by atoms with van der Waals surface area (Å²) in [5.74, 6) is 0.482. The fourth-order valence-electron chi connectivity index (χ4n) is 1.65. The van der Waals surface area contributed by atoms with Crippen LogP contribution in [0.5, 0.6) is 5.75 Å². The summed E-state index contributed by atoms with van der Waals surface area (Å²) >= 11 is 6.88. The molecule has 0 aliphatic carbocycles. The van der Waals surface area contributed by atoms with Crippen molar-refractivity contribution in [2.24, 2.45) is 0 Å². The molecule has 112 valence electrons. The summed E-state index contributed by atoms with van der Waals surface area (Å²) in [6.07, 6.45) is 0. The standard InChI is InChI=1S/C14H19Br2NO3/c1-14(2,3)20-12(18)8-17-7-9-5-10(15)6-11(16)13(9)19-4/h5-6,17H,7-8H2,1-4H3. The maximum Gasteiger partial charge on any atom is 0.320 e. The van der Waals surface area contributed by atoms with Crippen LogP contribution in [0.4, 0.5) is 0 Å². The number of hydrogen-bond donors (Lipinski definition) is 1. The quantitative estimate of drug-likeness (QED) is 0.755. The highest BCUT2D eigenvalue weighted by Crippen LogP contribution is 2.32. The van der Waals surface area contributed by atoms with E-state index in [1.54, 1.807) is 7.11 Å². The van der Waals surface area contributed by atoms with Crippen LogP contribution in [-0.4, -0.2) is 25.2 Å². The van der Waals surface area contributed by atoms with E-state index in [1.165, 1.54) is 0 Å². The Hall–Kier alpha value is -0.590. The number of benzene rings is 1. The molecular formula is C14H19Br2NO3. The Kier molecular flexibility index (Phi) is 6.48. The van der Waals surface area contributed by atoms with Crippen molar-refractivity contribution >= 4 is 37.8 Å². The minimum absolute atomic E-state index is 0.157. The number of rotatable bonds is 5. The predicted molar refractivity (Wildman–Crippen MR) is 85.9 cm³/mol. The number of methoxy groups -OCH3 is 1. The molecule has 20 heavy (non-hydrogen) atoms. The SMILES string of the molecule is COc1c(Br)cc(Br)cc1CNCC(=O)OC(C)(C)C. The van der Waals surface area contributed by atoms with Crippen LogP contribution in [0.3, 0.4) is 0 Å². The molecule has 1 rings (SSSR count). The van der Waals surface area contributed by atoms with Gasteiger partial charge in [-0.25, -0.2) is 0 Å². The van der Waals surface area contributed by atoms with E-state index in [0.717, 1.165) is 20.3 Å². The lowest BCUT2D eigenvalue weighted by atomic mass is 10.2. The summed E-state index contributed by atoms with van der Waals surface area (Å²) in [4.78, 5) is 11.6. The lowest BCUT2D eigenvalue weighted by Crippen LogP contribution is -2.31. The molecule has 0 aliphatic rings. The van der Waals surface area contributed by atoms with Crippen molar-refractivity contribution in [2.75, 3.05) is 13.7 Å². The summed E-state index contributed by atoms with van der Waals surface area (Å²) in [7, 11) is 1.62. The van der Waals surface area contributed by atoms with Gasteiger partial charge in [-0.1, -0.05) is 15.9 Å². The molecule has 1 N–H and O–H groups in total. The van der Waals surface area contributed by atoms with E-state index < -0.39 is 5.60 Å². The fraction of sp³-hybridized carbons (Fsp3) is 0.500. The van der Waals surface area contributed by atoms with Crippen molar-refractivity contribution in [3.63, 3.8) is 0 Å². The molecule has 0 spiro atoms. The van der Waals surface area contributed by atoms with Crippen LogP contribution in [0.25, 0.3) is 0 Å². The molecule has 0 fully saturated rings. The highest BCUT2D eigenvalue weighted by atomic mass is 79.9. The Morgan fingerprint density at radius 2 is 1.95 bits per heavy atom. The van der Waals surface area contributed by atoms with Crippen LogP contribution in [0.2, 0.25) is 0 Å². The Morgan fingerprint density at radius 3 is 2.50 bits per heavy atom. The Bertz CT molecular complexity index is 484. The van der Waals surface area contributed by atoms with Crippen molar-refractivity contribution in [1.82, 2.24) is 5.32 Å². The van der Waals surface area contributed by atoms with Crippen LogP contribution < -0.4 is 10.1 Å². The van der Waals surface area contributed by atoms with Crippen LogP contribution in [0, 0.1) is 0 Å². The van der Waals surface area contributed by atoms with Gasteiger partial charge in [0.25, 0.3) is 0 Å². The number of hydrogen-bond acceptors (Lipinski definition) is 4. The monoisotopic (exact) mass is 407 g/mol. The summed E-state index contributed by atoms with van der Waals surface area (Å²) in [6.45, 7) is 6.21. The molecule has 1 aromatic rings. The molecule has 0 heterocycles. The molecule has 0 saturated heterocycles. The van der Waals surface area contributed by atoms with Crippen molar-refractivity contribution in [2.45, 2.75) is 32.9 Å². The minimum Gasteiger partial charge on any atom is -0.495 e. The van der Waals surface area contributed by atoms with Gasteiger partial charge >= 0.3 is 5.97 Å². The average molecular weight is 409 g/mol. The van der Waals surface area contributed by atoms with Gasteiger partial charge in [0.2, 0.25) is 0 Å². The molecule has 0 amide bonds. The lowest BCUT2D eigenvalue weighted by molar-refractivity contribution is -0.153. The number of carbonyl (C=O) groups excluding carboxylic acids is 1. The van der Waals surface area contributed by atoms with Gasteiger partial charge in [-0.2, -0.15) is 0 Å². The molecule has 0 aromatic heterocycles. The third kappa shape index (κ3) is 5.81. The number of nitrogens with one attached hydrogen (secondary N) is 1. The van der Waals surface area contributed by atoms with E-state index in [1.807, 2.05) is 32.9 Å². The highest BCUT2D eigenvalue weighted by Gasteiger charge is 2.16. The average Bonchev–Trinajstić information content (AvgIpc) is 2.25. The lowest BCUT2D eigenvalue weighted by Gasteiger charge is -2.19. The number of esters is 1. The molecule has 0 atom stereocenters. The van der Waals surface area contributed by atoms with Crippen LogP contribution >= 0.6 is 31.9 Å². The van der Waals surface area contributed by atoms with Crippen molar-refractivity contribution < 1.29 is 14.3 Å². The number of halogens is 2. The second-order valence-electron chi connectivity index (χ2n) is 5.27. The van der Waals surface area contributed by atoms with E-state index in [2.05, 4.69) is 37.2 Å². The van der Waals surface area contributed by atoms with Gasteiger partial charge in [-0.05, 0) is 48.8 Å². The predicted octanol–water partition coefficient (Wildman–Crippen LogP) is 3.65. The second kappa shape index (κ2) is 7.43. The van der Waals surface area contributed by atoms with Gasteiger partial charge in [-0.3, -0.25) is 4.79 Å². The third-order valence-electron chi connectivity index (χ3n) is 2.29. The van der Waals surface area contributed by atoms with E-state index in [9.17, 15) is 4.79 Å². The zero-order chi connectivity index (χ0) is 15.3. The van der Waals surface area contributed by atoms with E-state index in [0.29, 0.717) is 6.54 Å². The van der Waals surface area contributed by atoms with Crippen molar-refractivity contribution in [3.05, 3.63) is 26.6 Å². The first-order valence-corrected chi connectivity index (χ1v) is 7.76. The molecule has 0 radical (unpaired) electrons. The van der Waals surface area contributed by atoms with Gasteiger partial charge in [0.1, 0.15) is 11.4 Å². The summed E-state index contributed by atoms with van der Waals surface area (Å²) in [5.41, 5.74) is 0.493. The van der Waals surface area contributed by atoms with E-state index in [4.69, 9.17) is 9.47 Å². The van der Waals surface area contributed by atoms with Crippen LogP contribution in [0.1, 0.15) is 26.3 Å². The van der Waals surface area contributed by atoms with Crippen LogP contribution in [0.15, 0.2) is 21.1 Å². The second-order valence-corrected chi connectivity index (χ2v) is 7.04. The van der Waals surface area contributed by atoms with E-state index >= 15 is 0 Å². The first kappa shape index (κ1) is 17.5. The third-order valence-corrected chi connectivity index (χ3v) is 3.34. The van der Waals surface area contributed by atoms with Crippen molar-refractivity contribution in [1.29, 1.82) is 0 Å². The Morgan fingerprint density at radius 1 is 1.30 bits per heavy atom. The highest BCUT2D eigenvalue weighted by molar-refractivity contribution is 9.11. The largest absolute Gasteiger partial charge is 0.495 e. The maximum absolute atomic E-state index is 11.6. The number of carbonyl (C=O) groups is 1. The molecular weight excluding hydrogens is 390 g/mol. The number of ether oxygens (including phenoxy) is 2. The minimum atomic E-state index is -0.463. The van der Waals surface area contributed by atoms with Crippen molar-refractivity contribution in [3.8, 4) is 5.75 Å². The van der Waals surface area contributed by atoms with Gasteiger partial charge in [0, 0.05) is 16.6 Å². The van der Waals surface area contributed by atoms with Gasteiger partial charge in [-0.15, -0.1) is 0 Å². The fourth-order valence-corrected chi connectivity index (χ4v) is 3.13. The Balaban J connectivity index is 2.60. The normalized spacial score (nSPS) is 11.3. The molecule has 0 bridgehead atoms. The van der Waals surface area contributed by atoms with Gasteiger partial charge in [0.05, 0.1) is 18.1 Å². The molecule has 1 aromatic carbocycles. The van der Waals surface area contributed by atoms with E-state index in [-0.39, 0.29) is 12.5 Å². The molecule has 0 aliphatic heterocycles. The zero-order valence-electron chi connectivity index (χ0n) is 12.0. The zero-order valence-corrected chi connectivity index (χ0v) is 15.2. The summed E-state index contributed by atoms with van der Waals surface area (Å²) < 4.78 is 12.4. The molecule has 0 unspecified atom stereocenters.